The maximum Gasteiger partial charge on any atom is 0.223 e. The van der Waals surface area contributed by atoms with Gasteiger partial charge in [0.05, 0.1) is 0 Å². The molecular weight excluding hydrogens is 288 g/mol. The second-order valence-electron chi connectivity index (χ2n) is 7.53. The number of hydrogen-bond acceptors (Lipinski definition) is 3. The molecule has 0 aromatic carbocycles. The van der Waals surface area contributed by atoms with E-state index in [1.54, 1.807) is 0 Å². The minimum absolute atomic E-state index is 0.184. The molecule has 0 radical (unpaired) electrons. The Morgan fingerprint density at radius 2 is 1.83 bits per heavy atom. The zero-order valence-corrected chi connectivity index (χ0v) is 14.3. The van der Waals surface area contributed by atoms with Crippen molar-refractivity contribution in [3.05, 3.63) is 12.2 Å². The molecule has 0 aromatic rings. The molecule has 3 aliphatic rings. The predicted molar refractivity (Wildman–Crippen MR) is 92.2 cm³/mol. The van der Waals surface area contributed by atoms with Crippen LogP contribution in [-0.2, 0) is 9.53 Å². The maximum atomic E-state index is 12.2. The molecule has 2 aliphatic heterocycles. The summed E-state index contributed by atoms with van der Waals surface area (Å²) in [5.74, 6) is 1.97. The van der Waals surface area contributed by atoms with Crippen LogP contribution in [0.5, 0.6) is 0 Å². The number of nitrogens with zero attached hydrogens (tertiary/aromatic N) is 1. The van der Waals surface area contributed by atoms with Crippen LogP contribution in [0.15, 0.2) is 12.2 Å². The van der Waals surface area contributed by atoms with Gasteiger partial charge in [-0.25, -0.2) is 0 Å². The quantitative estimate of drug-likeness (QED) is 0.792. The third-order valence-electron chi connectivity index (χ3n) is 5.76. The van der Waals surface area contributed by atoms with Gasteiger partial charge >= 0.3 is 0 Å². The van der Waals surface area contributed by atoms with E-state index in [9.17, 15) is 4.79 Å². The van der Waals surface area contributed by atoms with Crippen LogP contribution >= 0.6 is 0 Å². The van der Waals surface area contributed by atoms with E-state index in [0.717, 1.165) is 38.5 Å². The molecule has 1 unspecified atom stereocenters. The lowest BCUT2D eigenvalue weighted by Gasteiger charge is -2.35. The minimum Gasteiger partial charge on any atom is -0.381 e. The Kier molecular flexibility index (Phi) is 6.52. The fraction of sp³-hybridized carbons (Fsp3) is 0.842. The second-order valence-corrected chi connectivity index (χ2v) is 7.53. The highest BCUT2D eigenvalue weighted by molar-refractivity contribution is 5.78. The molecular formula is C19H32N2O2. The van der Waals surface area contributed by atoms with Gasteiger partial charge < -0.3 is 15.0 Å². The molecule has 0 bridgehead atoms. The molecule has 130 valence electrons. The number of hydrogen-bond donors (Lipinski definition) is 1. The molecule has 1 N–H and O–H groups in total. The van der Waals surface area contributed by atoms with Crippen molar-refractivity contribution in [2.45, 2.75) is 44.9 Å². The zero-order valence-electron chi connectivity index (χ0n) is 14.3. The zero-order chi connectivity index (χ0) is 15.9. The number of ether oxygens (including phenoxy) is 1. The van der Waals surface area contributed by atoms with Crippen LogP contribution in [-0.4, -0.2) is 50.2 Å². The molecule has 1 atom stereocenters. The van der Waals surface area contributed by atoms with Crippen LogP contribution in [0.3, 0.4) is 0 Å². The third kappa shape index (κ3) is 5.32. The minimum atomic E-state index is 0.184. The lowest BCUT2D eigenvalue weighted by molar-refractivity contribution is -0.128. The number of allylic oxidation sites excluding steroid dienone is 2. The number of rotatable bonds is 5. The van der Waals surface area contributed by atoms with E-state index >= 15 is 0 Å². The number of likely N-dealkylation sites (tertiary alicyclic amines) is 1. The number of amides is 1. The van der Waals surface area contributed by atoms with Crippen LogP contribution in [0.2, 0.25) is 0 Å². The Labute approximate surface area is 140 Å². The average molecular weight is 320 g/mol. The molecule has 23 heavy (non-hydrogen) atoms. The summed E-state index contributed by atoms with van der Waals surface area (Å²) in [5.41, 5.74) is 0. The van der Waals surface area contributed by atoms with Crippen LogP contribution in [0, 0.1) is 17.8 Å². The summed E-state index contributed by atoms with van der Waals surface area (Å²) in [6, 6.07) is 0. The first-order valence-corrected chi connectivity index (χ1v) is 9.54. The van der Waals surface area contributed by atoms with Gasteiger partial charge in [-0.1, -0.05) is 12.2 Å². The lowest BCUT2D eigenvalue weighted by Crippen LogP contribution is -2.42. The largest absolute Gasteiger partial charge is 0.381 e. The molecule has 2 saturated heterocycles. The summed E-state index contributed by atoms with van der Waals surface area (Å²) < 4.78 is 5.33. The summed E-state index contributed by atoms with van der Waals surface area (Å²) in [6.07, 6.45) is 12.8. The molecule has 3 rings (SSSR count). The van der Waals surface area contributed by atoms with Crippen molar-refractivity contribution >= 4 is 5.91 Å². The Morgan fingerprint density at radius 1 is 1.04 bits per heavy atom. The Hall–Kier alpha value is -0.870. The van der Waals surface area contributed by atoms with Gasteiger partial charge in [-0.3, -0.25) is 4.79 Å². The van der Waals surface area contributed by atoms with E-state index in [-0.39, 0.29) is 11.8 Å². The molecule has 0 saturated carbocycles. The molecule has 0 spiro atoms. The van der Waals surface area contributed by atoms with Gasteiger partial charge in [0.25, 0.3) is 0 Å². The highest BCUT2D eigenvalue weighted by atomic mass is 16.5. The first kappa shape index (κ1) is 17.0. The van der Waals surface area contributed by atoms with E-state index in [2.05, 4.69) is 22.4 Å². The van der Waals surface area contributed by atoms with E-state index in [0.29, 0.717) is 5.92 Å². The lowest BCUT2D eigenvalue weighted by atomic mass is 9.91. The second kappa shape index (κ2) is 8.84. The SMILES string of the molecule is O=C(NCC1CCN(CC2CC=CCC2)CC1)C1CCOCC1. The Balaban J connectivity index is 1.31. The van der Waals surface area contributed by atoms with Crippen molar-refractivity contribution in [1.29, 1.82) is 0 Å². The van der Waals surface area contributed by atoms with Gasteiger partial charge in [-0.2, -0.15) is 0 Å². The summed E-state index contributed by atoms with van der Waals surface area (Å²) >= 11 is 0. The van der Waals surface area contributed by atoms with Crippen molar-refractivity contribution < 1.29 is 9.53 Å². The summed E-state index contributed by atoms with van der Waals surface area (Å²) in [5, 5.41) is 3.20. The van der Waals surface area contributed by atoms with Gasteiger partial charge in [0.1, 0.15) is 0 Å². The van der Waals surface area contributed by atoms with Crippen LogP contribution in [0.4, 0.5) is 0 Å². The number of piperidine rings is 1. The number of carbonyl (C=O) groups is 1. The normalized spacial score (nSPS) is 27.9. The average Bonchev–Trinajstić information content (AvgIpc) is 2.62. The Morgan fingerprint density at radius 3 is 2.52 bits per heavy atom. The van der Waals surface area contributed by atoms with E-state index in [4.69, 9.17) is 4.74 Å². The van der Waals surface area contributed by atoms with Crippen LogP contribution in [0.1, 0.15) is 44.9 Å². The fourth-order valence-corrected chi connectivity index (χ4v) is 4.11. The molecule has 4 heteroatoms. The first-order valence-electron chi connectivity index (χ1n) is 9.54. The molecule has 2 heterocycles. The standard InChI is InChI=1S/C19H32N2O2/c22-19(18-8-12-23-13-9-18)20-14-16-6-10-21(11-7-16)15-17-4-2-1-3-5-17/h1-2,16-18H,3-15H2,(H,20,22). The first-order chi connectivity index (χ1) is 11.3. The fourth-order valence-electron chi connectivity index (χ4n) is 4.11. The van der Waals surface area contributed by atoms with Crippen molar-refractivity contribution in [2.75, 3.05) is 39.4 Å². The summed E-state index contributed by atoms with van der Waals surface area (Å²) in [7, 11) is 0. The van der Waals surface area contributed by atoms with Gasteiger partial charge in [0.2, 0.25) is 5.91 Å². The van der Waals surface area contributed by atoms with E-state index in [1.165, 1.54) is 51.7 Å². The third-order valence-corrected chi connectivity index (χ3v) is 5.76. The van der Waals surface area contributed by atoms with Gasteiger partial charge in [0.15, 0.2) is 0 Å². The smallest absolute Gasteiger partial charge is 0.223 e. The molecule has 1 aliphatic carbocycles. The molecule has 0 aromatic heterocycles. The van der Waals surface area contributed by atoms with Crippen LogP contribution in [0.25, 0.3) is 0 Å². The van der Waals surface area contributed by atoms with Crippen molar-refractivity contribution in [3.8, 4) is 0 Å². The molecule has 1 amide bonds. The monoisotopic (exact) mass is 320 g/mol. The van der Waals surface area contributed by atoms with E-state index < -0.39 is 0 Å². The Bertz CT molecular complexity index is 396. The van der Waals surface area contributed by atoms with Crippen molar-refractivity contribution in [3.63, 3.8) is 0 Å². The highest BCUT2D eigenvalue weighted by Gasteiger charge is 2.25. The maximum absolute atomic E-state index is 12.2. The molecule has 2 fully saturated rings. The number of nitrogens with one attached hydrogen (secondary N) is 1. The van der Waals surface area contributed by atoms with E-state index in [1.807, 2.05) is 0 Å². The summed E-state index contributed by atoms with van der Waals surface area (Å²) in [6.45, 7) is 6.04. The number of carbonyl (C=O) groups excluding carboxylic acids is 1. The highest BCUT2D eigenvalue weighted by Crippen LogP contribution is 2.23. The van der Waals surface area contributed by atoms with Gasteiger partial charge in [-0.05, 0) is 69.9 Å². The van der Waals surface area contributed by atoms with Crippen molar-refractivity contribution in [1.82, 2.24) is 10.2 Å². The van der Waals surface area contributed by atoms with Gasteiger partial charge in [0, 0.05) is 32.2 Å². The van der Waals surface area contributed by atoms with Crippen molar-refractivity contribution in [2.24, 2.45) is 17.8 Å². The van der Waals surface area contributed by atoms with Crippen LogP contribution < -0.4 is 5.32 Å². The topological polar surface area (TPSA) is 41.6 Å². The summed E-state index contributed by atoms with van der Waals surface area (Å²) in [4.78, 5) is 14.8. The van der Waals surface area contributed by atoms with Gasteiger partial charge in [-0.15, -0.1) is 0 Å². The predicted octanol–water partition coefficient (Wildman–Crippen LogP) is 2.60. The molecule has 4 nitrogen and oxygen atoms in total.